The number of carboxylic acids is 1. The van der Waals surface area contributed by atoms with Gasteiger partial charge in [0.25, 0.3) is 5.91 Å². The topological polar surface area (TPSA) is 86.7 Å². The Labute approximate surface area is 134 Å². The number of carboxylic acid groups (broad SMARTS) is 1. The van der Waals surface area contributed by atoms with Crippen LogP contribution in [0.5, 0.6) is 0 Å². The Balaban J connectivity index is 1.66. The molecule has 122 valence electrons. The minimum atomic E-state index is -0.795. The van der Waals surface area contributed by atoms with Gasteiger partial charge in [-0.05, 0) is 43.9 Å². The zero-order valence-corrected chi connectivity index (χ0v) is 12.8. The average molecular weight is 316 g/mol. The quantitative estimate of drug-likeness (QED) is 0.887. The van der Waals surface area contributed by atoms with Crippen LogP contribution in [0.15, 0.2) is 24.3 Å². The number of nitrogens with one attached hydrogen (secondary N) is 1. The minimum Gasteiger partial charge on any atom is -0.481 e. The lowest BCUT2D eigenvalue weighted by Crippen LogP contribution is -2.33. The summed E-state index contributed by atoms with van der Waals surface area (Å²) in [5.74, 6) is -1.29. The van der Waals surface area contributed by atoms with Crippen LogP contribution in [0.2, 0.25) is 0 Å². The van der Waals surface area contributed by atoms with Crippen LogP contribution in [-0.2, 0) is 9.59 Å². The van der Waals surface area contributed by atoms with Gasteiger partial charge in [-0.25, -0.2) is 0 Å². The molecule has 1 saturated carbocycles. The van der Waals surface area contributed by atoms with Crippen LogP contribution in [-0.4, -0.2) is 35.5 Å². The molecule has 1 aliphatic heterocycles. The number of carbonyl (C=O) groups excluding carboxylic acids is 2. The molecule has 23 heavy (non-hydrogen) atoms. The number of nitrogens with zero attached hydrogens (tertiary/aromatic N) is 1. The van der Waals surface area contributed by atoms with E-state index in [0.717, 1.165) is 12.1 Å². The highest BCUT2D eigenvalue weighted by atomic mass is 16.4. The Bertz CT molecular complexity index is 643. The van der Waals surface area contributed by atoms with Crippen LogP contribution in [0.3, 0.4) is 0 Å². The highest BCUT2D eigenvalue weighted by Gasteiger charge is 2.30. The summed E-state index contributed by atoms with van der Waals surface area (Å²) in [7, 11) is 0. The van der Waals surface area contributed by atoms with Crippen molar-refractivity contribution in [2.24, 2.45) is 5.92 Å². The number of carbonyl (C=O) groups is 3. The van der Waals surface area contributed by atoms with Crippen LogP contribution < -0.4 is 10.2 Å². The highest BCUT2D eigenvalue weighted by molar-refractivity contribution is 5.99. The maximum atomic E-state index is 12.4. The van der Waals surface area contributed by atoms with E-state index in [1.54, 1.807) is 23.1 Å². The first-order chi connectivity index (χ1) is 11.0. The van der Waals surface area contributed by atoms with Gasteiger partial charge in [0, 0.05) is 30.3 Å². The number of benzene rings is 1. The predicted molar refractivity (Wildman–Crippen MR) is 84.3 cm³/mol. The molecule has 2 amide bonds. The zero-order chi connectivity index (χ0) is 16.4. The summed E-state index contributed by atoms with van der Waals surface area (Å²) in [6.45, 7) is 0.687. The predicted octanol–water partition coefficient (Wildman–Crippen LogP) is 1.80. The summed E-state index contributed by atoms with van der Waals surface area (Å²) in [6, 6.07) is 6.94. The van der Waals surface area contributed by atoms with Gasteiger partial charge in [-0.3, -0.25) is 14.4 Å². The summed E-state index contributed by atoms with van der Waals surface area (Å²) in [5, 5.41) is 11.9. The molecule has 2 fully saturated rings. The fourth-order valence-electron chi connectivity index (χ4n) is 3.34. The molecule has 0 bridgehead atoms. The summed E-state index contributed by atoms with van der Waals surface area (Å²) in [6.07, 6.45) is 3.16. The average Bonchev–Trinajstić information content (AvgIpc) is 3.16. The molecule has 0 radical (unpaired) electrons. The van der Waals surface area contributed by atoms with E-state index >= 15 is 0 Å². The van der Waals surface area contributed by atoms with E-state index in [0.29, 0.717) is 37.8 Å². The van der Waals surface area contributed by atoms with Crippen LogP contribution >= 0.6 is 0 Å². The number of amides is 2. The van der Waals surface area contributed by atoms with Gasteiger partial charge < -0.3 is 15.3 Å². The van der Waals surface area contributed by atoms with Crippen molar-refractivity contribution >= 4 is 23.5 Å². The Morgan fingerprint density at radius 2 is 2.09 bits per heavy atom. The molecule has 0 aromatic heterocycles. The van der Waals surface area contributed by atoms with Crippen LogP contribution in [0.1, 0.15) is 42.5 Å². The molecule has 1 aromatic carbocycles. The normalized spacial score (nSPS) is 24.0. The summed E-state index contributed by atoms with van der Waals surface area (Å²) in [5.41, 5.74) is 1.25. The first-order valence-corrected chi connectivity index (χ1v) is 7.98. The monoisotopic (exact) mass is 316 g/mol. The number of rotatable bonds is 4. The first-order valence-electron chi connectivity index (χ1n) is 7.98. The van der Waals surface area contributed by atoms with Gasteiger partial charge in [-0.2, -0.15) is 0 Å². The van der Waals surface area contributed by atoms with E-state index in [1.807, 2.05) is 6.07 Å². The smallest absolute Gasteiger partial charge is 0.306 e. The van der Waals surface area contributed by atoms with E-state index in [9.17, 15) is 14.4 Å². The van der Waals surface area contributed by atoms with Gasteiger partial charge in [0.15, 0.2) is 0 Å². The molecule has 0 unspecified atom stereocenters. The minimum absolute atomic E-state index is 0.0858. The van der Waals surface area contributed by atoms with E-state index in [2.05, 4.69) is 5.32 Å². The molecule has 2 atom stereocenters. The van der Waals surface area contributed by atoms with Crippen molar-refractivity contribution in [3.8, 4) is 0 Å². The van der Waals surface area contributed by atoms with Crippen molar-refractivity contribution in [3.05, 3.63) is 29.8 Å². The second kappa shape index (κ2) is 6.40. The lowest BCUT2D eigenvalue weighted by atomic mass is 10.1. The second-order valence-electron chi connectivity index (χ2n) is 6.22. The van der Waals surface area contributed by atoms with E-state index in [4.69, 9.17) is 5.11 Å². The standard InChI is InChI=1S/C17H20N2O4/c20-15-5-2-8-19(15)14-4-1-3-11(10-14)16(21)18-13-7-6-12(9-13)17(22)23/h1,3-4,10,12-13H,2,5-9H2,(H,18,21)(H,22,23)/t12-,13+/m1/s1. The Hall–Kier alpha value is -2.37. The molecular formula is C17H20N2O4. The molecule has 1 aliphatic carbocycles. The largest absolute Gasteiger partial charge is 0.481 e. The van der Waals surface area contributed by atoms with Gasteiger partial charge in [0.05, 0.1) is 5.92 Å². The van der Waals surface area contributed by atoms with Crippen LogP contribution in [0.25, 0.3) is 0 Å². The number of hydrogen-bond acceptors (Lipinski definition) is 3. The molecule has 3 rings (SSSR count). The van der Waals surface area contributed by atoms with Gasteiger partial charge in [-0.15, -0.1) is 0 Å². The highest BCUT2D eigenvalue weighted by Crippen LogP contribution is 2.26. The summed E-state index contributed by atoms with van der Waals surface area (Å²) >= 11 is 0. The fraction of sp³-hybridized carbons (Fsp3) is 0.471. The first kappa shape index (κ1) is 15.5. The van der Waals surface area contributed by atoms with Crippen LogP contribution in [0, 0.1) is 5.92 Å². The number of aliphatic carboxylic acids is 1. The van der Waals surface area contributed by atoms with E-state index in [1.165, 1.54) is 0 Å². The molecule has 0 spiro atoms. The van der Waals surface area contributed by atoms with Gasteiger partial charge >= 0.3 is 5.97 Å². The lowest BCUT2D eigenvalue weighted by Gasteiger charge is -2.17. The van der Waals surface area contributed by atoms with Crippen molar-refractivity contribution in [1.29, 1.82) is 0 Å². The molecule has 2 aliphatic rings. The van der Waals surface area contributed by atoms with E-state index < -0.39 is 5.97 Å². The third-order valence-electron chi connectivity index (χ3n) is 4.61. The Kier molecular flexibility index (Phi) is 4.32. The third-order valence-corrected chi connectivity index (χ3v) is 4.61. The summed E-state index contributed by atoms with van der Waals surface area (Å²) in [4.78, 5) is 36.8. The van der Waals surface area contributed by atoms with Crippen molar-refractivity contribution in [3.63, 3.8) is 0 Å². The molecular weight excluding hydrogens is 296 g/mol. The summed E-state index contributed by atoms with van der Waals surface area (Å²) < 4.78 is 0. The third kappa shape index (κ3) is 3.36. The SMILES string of the molecule is O=C(N[C@H]1CC[C@@H](C(=O)O)C1)c1cccc(N2CCCC2=O)c1. The molecule has 6 nitrogen and oxygen atoms in total. The van der Waals surface area contributed by atoms with Crippen LogP contribution in [0.4, 0.5) is 5.69 Å². The molecule has 6 heteroatoms. The number of anilines is 1. The Morgan fingerprint density at radius 1 is 1.26 bits per heavy atom. The van der Waals surface area contributed by atoms with Crippen molar-refractivity contribution < 1.29 is 19.5 Å². The Morgan fingerprint density at radius 3 is 2.74 bits per heavy atom. The van der Waals surface area contributed by atoms with Gasteiger partial charge in [-0.1, -0.05) is 6.07 Å². The molecule has 1 heterocycles. The number of hydrogen-bond donors (Lipinski definition) is 2. The maximum absolute atomic E-state index is 12.4. The molecule has 2 N–H and O–H groups in total. The lowest BCUT2D eigenvalue weighted by molar-refractivity contribution is -0.141. The van der Waals surface area contributed by atoms with Gasteiger partial charge in [0.1, 0.15) is 0 Å². The van der Waals surface area contributed by atoms with E-state index in [-0.39, 0.29) is 23.8 Å². The van der Waals surface area contributed by atoms with Crippen molar-refractivity contribution in [2.45, 2.75) is 38.1 Å². The maximum Gasteiger partial charge on any atom is 0.306 e. The molecule has 1 saturated heterocycles. The van der Waals surface area contributed by atoms with Crippen molar-refractivity contribution in [2.75, 3.05) is 11.4 Å². The fourth-order valence-corrected chi connectivity index (χ4v) is 3.34. The van der Waals surface area contributed by atoms with Crippen molar-refractivity contribution in [1.82, 2.24) is 5.32 Å². The second-order valence-corrected chi connectivity index (χ2v) is 6.22. The van der Waals surface area contributed by atoms with Gasteiger partial charge in [0.2, 0.25) is 5.91 Å². The molecule has 1 aromatic rings. The zero-order valence-electron chi connectivity index (χ0n) is 12.8.